The van der Waals surface area contributed by atoms with Gasteiger partial charge in [0, 0.05) is 35.4 Å². The lowest BCUT2D eigenvalue weighted by atomic mass is 10.2. The summed E-state index contributed by atoms with van der Waals surface area (Å²) >= 11 is 3.50. The molecule has 1 aromatic carbocycles. The third kappa shape index (κ3) is 3.45. The van der Waals surface area contributed by atoms with Crippen LogP contribution in [0.15, 0.2) is 47.1 Å². The van der Waals surface area contributed by atoms with Gasteiger partial charge in [-0.15, -0.1) is 0 Å². The molecule has 0 aliphatic heterocycles. The van der Waals surface area contributed by atoms with Gasteiger partial charge < -0.3 is 10.3 Å². The second-order valence-electron chi connectivity index (χ2n) is 4.44. The van der Waals surface area contributed by atoms with Crippen molar-refractivity contribution in [3.8, 4) is 0 Å². The number of nitrogens with two attached hydrogens (primary N) is 1. The summed E-state index contributed by atoms with van der Waals surface area (Å²) in [6, 6.07) is 12.8. The fourth-order valence-corrected chi connectivity index (χ4v) is 2.40. The van der Waals surface area contributed by atoms with Gasteiger partial charge in [-0.25, -0.2) is 0 Å². The molecule has 0 saturated carbocycles. The number of hydrogen-bond donors (Lipinski definition) is 1. The summed E-state index contributed by atoms with van der Waals surface area (Å²) in [6.45, 7) is 2.94. The van der Waals surface area contributed by atoms with E-state index in [0.29, 0.717) is 0 Å². The smallest absolute Gasteiger partial charge is 0.0473 e. The van der Waals surface area contributed by atoms with Crippen LogP contribution in [0.1, 0.15) is 18.2 Å². The van der Waals surface area contributed by atoms with E-state index in [1.54, 1.807) is 0 Å². The molecule has 0 amide bonds. The maximum absolute atomic E-state index is 5.85. The molecule has 1 unspecified atom stereocenters. The first-order valence-electron chi connectivity index (χ1n) is 5.79. The zero-order valence-corrected chi connectivity index (χ0v) is 11.5. The van der Waals surface area contributed by atoms with Crippen LogP contribution in [-0.4, -0.2) is 10.6 Å². The van der Waals surface area contributed by atoms with E-state index in [1.807, 2.05) is 13.0 Å². The molecule has 0 spiro atoms. The highest BCUT2D eigenvalue weighted by atomic mass is 79.9. The fourth-order valence-electron chi connectivity index (χ4n) is 1.95. The van der Waals surface area contributed by atoms with E-state index in [4.69, 9.17) is 5.73 Å². The largest absolute Gasteiger partial charge is 0.347 e. The molecule has 1 atom stereocenters. The van der Waals surface area contributed by atoms with Gasteiger partial charge in [0.05, 0.1) is 0 Å². The molecular weight excluding hydrogens is 276 g/mol. The summed E-state index contributed by atoms with van der Waals surface area (Å²) in [5.74, 6) is 0. The molecule has 2 aromatic rings. The second-order valence-corrected chi connectivity index (χ2v) is 5.35. The normalized spacial score (nSPS) is 12.6. The molecule has 0 bridgehead atoms. The summed E-state index contributed by atoms with van der Waals surface area (Å²) in [5, 5.41) is 0. The Balaban J connectivity index is 2.16. The van der Waals surface area contributed by atoms with Crippen molar-refractivity contribution >= 4 is 15.9 Å². The van der Waals surface area contributed by atoms with E-state index < -0.39 is 0 Å². The van der Waals surface area contributed by atoms with Crippen LogP contribution in [0.2, 0.25) is 0 Å². The lowest BCUT2D eigenvalue weighted by Gasteiger charge is -2.11. The summed E-state index contributed by atoms with van der Waals surface area (Å²) in [5.41, 5.74) is 8.43. The van der Waals surface area contributed by atoms with E-state index in [0.717, 1.165) is 17.4 Å². The van der Waals surface area contributed by atoms with Crippen LogP contribution in [0, 0.1) is 0 Å². The molecule has 0 aliphatic rings. The molecule has 3 heteroatoms. The zero-order chi connectivity index (χ0) is 12.3. The number of benzene rings is 1. The van der Waals surface area contributed by atoms with E-state index in [9.17, 15) is 0 Å². The molecule has 0 fully saturated rings. The van der Waals surface area contributed by atoms with E-state index in [-0.39, 0.29) is 6.04 Å². The van der Waals surface area contributed by atoms with Crippen LogP contribution in [0.4, 0.5) is 0 Å². The van der Waals surface area contributed by atoms with Gasteiger partial charge >= 0.3 is 0 Å². The van der Waals surface area contributed by atoms with Crippen molar-refractivity contribution in [2.24, 2.45) is 5.73 Å². The Labute approximate surface area is 111 Å². The van der Waals surface area contributed by atoms with Crippen LogP contribution in [-0.2, 0) is 13.0 Å². The fraction of sp³-hybridized carbons (Fsp3) is 0.286. The van der Waals surface area contributed by atoms with Gasteiger partial charge in [-0.3, -0.25) is 0 Å². The second kappa shape index (κ2) is 5.52. The third-order valence-corrected chi connectivity index (χ3v) is 3.19. The van der Waals surface area contributed by atoms with Crippen LogP contribution < -0.4 is 5.73 Å². The van der Waals surface area contributed by atoms with Crippen molar-refractivity contribution in [3.05, 3.63) is 58.3 Å². The molecule has 1 heterocycles. The molecule has 2 nitrogen and oxygen atoms in total. The zero-order valence-electron chi connectivity index (χ0n) is 9.94. The SMILES string of the molecule is CC(N)Cc1cccn1Cc1cccc(Br)c1. The molecular formula is C14H17BrN2. The first-order chi connectivity index (χ1) is 8.15. The molecule has 0 saturated heterocycles. The first kappa shape index (κ1) is 12.4. The van der Waals surface area contributed by atoms with Gasteiger partial charge in [0.1, 0.15) is 0 Å². The topological polar surface area (TPSA) is 30.9 Å². The Morgan fingerprint density at radius 1 is 1.29 bits per heavy atom. The third-order valence-electron chi connectivity index (χ3n) is 2.70. The minimum atomic E-state index is 0.200. The number of aromatic nitrogens is 1. The summed E-state index contributed by atoms with van der Waals surface area (Å²) in [4.78, 5) is 0. The number of rotatable bonds is 4. The van der Waals surface area contributed by atoms with Gasteiger partial charge in [-0.1, -0.05) is 28.1 Å². The molecule has 2 rings (SSSR count). The van der Waals surface area contributed by atoms with Crippen molar-refractivity contribution in [1.29, 1.82) is 0 Å². The van der Waals surface area contributed by atoms with Gasteiger partial charge in [0.25, 0.3) is 0 Å². The van der Waals surface area contributed by atoms with Crippen LogP contribution in [0.25, 0.3) is 0 Å². The van der Waals surface area contributed by atoms with Gasteiger partial charge in [0.2, 0.25) is 0 Å². The van der Waals surface area contributed by atoms with Gasteiger partial charge in [-0.05, 0) is 36.8 Å². The molecule has 0 radical (unpaired) electrons. The Hall–Kier alpha value is -1.06. The Morgan fingerprint density at radius 3 is 2.82 bits per heavy atom. The lowest BCUT2D eigenvalue weighted by Crippen LogP contribution is -2.20. The molecule has 1 aromatic heterocycles. The molecule has 90 valence electrons. The standard InChI is InChI=1S/C14H17BrN2/c1-11(16)8-14-6-3-7-17(14)10-12-4-2-5-13(15)9-12/h2-7,9,11H,8,10,16H2,1H3. The van der Waals surface area contributed by atoms with Crippen LogP contribution >= 0.6 is 15.9 Å². The van der Waals surface area contributed by atoms with Crippen LogP contribution in [0.5, 0.6) is 0 Å². The monoisotopic (exact) mass is 292 g/mol. The summed E-state index contributed by atoms with van der Waals surface area (Å²) in [7, 11) is 0. The molecule has 17 heavy (non-hydrogen) atoms. The van der Waals surface area contributed by atoms with Crippen molar-refractivity contribution in [2.75, 3.05) is 0 Å². The molecule has 0 aliphatic carbocycles. The maximum atomic E-state index is 5.85. The predicted octanol–water partition coefficient (Wildman–Crippen LogP) is 3.19. The van der Waals surface area contributed by atoms with Crippen molar-refractivity contribution < 1.29 is 0 Å². The molecule has 2 N–H and O–H groups in total. The van der Waals surface area contributed by atoms with Crippen molar-refractivity contribution in [1.82, 2.24) is 4.57 Å². The highest BCUT2D eigenvalue weighted by Gasteiger charge is 2.04. The summed E-state index contributed by atoms with van der Waals surface area (Å²) in [6.07, 6.45) is 3.03. The average molecular weight is 293 g/mol. The number of halogens is 1. The predicted molar refractivity (Wildman–Crippen MR) is 75.0 cm³/mol. The van der Waals surface area contributed by atoms with Crippen LogP contribution in [0.3, 0.4) is 0 Å². The first-order valence-corrected chi connectivity index (χ1v) is 6.58. The minimum Gasteiger partial charge on any atom is -0.347 e. The Bertz CT molecular complexity index is 488. The highest BCUT2D eigenvalue weighted by molar-refractivity contribution is 9.10. The van der Waals surface area contributed by atoms with Gasteiger partial charge in [-0.2, -0.15) is 0 Å². The Morgan fingerprint density at radius 2 is 2.12 bits per heavy atom. The minimum absolute atomic E-state index is 0.200. The Kier molecular flexibility index (Phi) is 4.02. The number of hydrogen-bond acceptors (Lipinski definition) is 1. The van der Waals surface area contributed by atoms with E-state index in [2.05, 4.69) is 57.0 Å². The summed E-state index contributed by atoms with van der Waals surface area (Å²) < 4.78 is 3.38. The van der Waals surface area contributed by atoms with Crippen molar-refractivity contribution in [3.63, 3.8) is 0 Å². The average Bonchev–Trinajstić information content (AvgIpc) is 2.65. The number of nitrogens with zero attached hydrogens (tertiary/aromatic N) is 1. The van der Waals surface area contributed by atoms with E-state index in [1.165, 1.54) is 11.3 Å². The quantitative estimate of drug-likeness (QED) is 0.922. The van der Waals surface area contributed by atoms with Gasteiger partial charge in [0.15, 0.2) is 0 Å². The van der Waals surface area contributed by atoms with E-state index >= 15 is 0 Å². The maximum Gasteiger partial charge on any atom is 0.0473 e. The van der Waals surface area contributed by atoms with Crippen molar-refractivity contribution in [2.45, 2.75) is 25.9 Å². The highest BCUT2D eigenvalue weighted by Crippen LogP contribution is 2.14. The lowest BCUT2D eigenvalue weighted by molar-refractivity contribution is 0.666.